The normalized spacial score (nSPS) is 12.5. The molecule has 1 atom stereocenters. The first-order valence-electron chi connectivity index (χ1n) is 15.8. The molecule has 1 N–H and O–H groups in total. The molecule has 0 saturated carbocycles. The fraction of sp³-hybridized carbons (Fsp3) is 0.639. The van der Waals surface area contributed by atoms with Crippen LogP contribution in [0.15, 0.2) is 42.5 Å². The molecule has 2 aromatic carbocycles. The standard InChI is InChI=1S/C36H56O3/c1-6-7-8-9-10-11-12-13-14-15-16-17-18-19-20-21-34(37)33-27-26-32(28-29(33)2)39-31-24-22-30(23-25-31)35(38)36(3,4)5/h22-28,34,37H,6-21H2,1-5H3. The van der Waals surface area contributed by atoms with Crippen LogP contribution in [0.25, 0.3) is 0 Å². The third-order valence-corrected chi connectivity index (χ3v) is 7.71. The number of hydrogen-bond donors (Lipinski definition) is 1. The molecule has 0 saturated heterocycles. The number of ether oxygens (including phenoxy) is 1. The van der Waals surface area contributed by atoms with Gasteiger partial charge in [-0.1, -0.05) is 130 Å². The first-order chi connectivity index (χ1) is 18.7. The van der Waals surface area contributed by atoms with Crippen molar-refractivity contribution in [1.82, 2.24) is 0 Å². The fourth-order valence-corrected chi connectivity index (χ4v) is 5.19. The quantitative estimate of drug-likeness (QED) is 0.135. The first-order valence-corrected chi connectivity index (χ1v) is 15.8. The molecule has 0 fully saturated rings. The van der Waals surface area contributed by atoms with E-state index in [0.29, 0.717) is 11.3 Å². The molecule has 0 radical (unpaired) electrons. The molecule has 0 aliphatic heterocycles. The summed E-state index contributed by atoms with van der Waals surface area (Å²) in [5.74, 6) is 1.56. The van der Waals surface area contributed by atoms with E-state index in [9.17, 15) is 9.90 Å². The molecule has 0 bridgehead atoms. The van der Waals surface area contributed by atoms with Crippen molar-refractivity contribution in [1.29, 1.82) is 0 Å². The maximum Gasteiger partial charge on any atom is 0.168 e. The van der Waals surface area contributed by atoms with Crippen LogP contribution >= 0.6 is 0 Å². The predicted molar refractivity (Wildman–Crippen MR) is 166 cm³/mol. The van der Waals surface area contributed by atoms with Crippen molar-refractivity contribution in [2.45, 2.75) is 143 Å². The number of benzene rings is 2. The number of ketones is 1. The zero-order valence-electron chi connectivity index (χ0n) is 25.7. The second kappa shape index (κ2) is 18.3. The van der Waals surface area contributed by atoms with Gasteiger partial charge in [-0.15, -0.1) is 0 Å². The molecule has 1 unspecified atom stereocenters. The number of aliphatic hydroxyl groups excluding tert-OH is 1. The van der Waals surface area contributed by atoms with Gasteiger partial charge in [-0.05, 0) is 60.9 Å². The van der Waals surface area contributed by atoms with Crippen molar-refractivity contribution in [3.63, 3.8) is 0 Å². The Labute approximate surface area is 239 Å². The summed E-state index contributed by atoms with van der Waals surface area (Å²) in [7, 11) is 0. The molecule has 0 aliphatic carbocycles. The number of rotatable bonds is 20. The topological polar surface area (TPSA) is 46.5 Å². The number of aryl methyl sites for hydroxylation is 1. The van der Waals surface area contributed by atoms with Crippen LogP contribution < -0.4 is 4.74 Å². The molecule has 0 spiro atoms. The average molecular weight is 537 g/mol. The lowest BCUT2D eigenvalue weighted by Gasteiger charge is -2.17. The number of hydrogen-bond acceptors (Lipinski definition) is 3. The third kappa shape index (κ3) is 13.2. The van der Waals surface area contributed by atoms with Gasteiger partial charge >= 0.3 is 0 Å². The predicted octanol–water partition coefficient (Wildman–Crippen LogP) is 11.3. The van der Waals surface area contributed by atoms with Crippen LogP contribution in [0.1, 0.15) is 158 Å². The van der Waals surface area contributed by atoms with Crippen LogP contribution in [0, 0.1) is 12.3 Å². The second-order valence-corrected chi connectivity index (χ2v) is 12.5. The van der Waals surface area contributed by atoms with E-state index in [4.69, 9.17) is 4.74 Å². The van der Waals surface area contributed by atoms with Crippen molar-refractivity contribution in [2.24, 2.45) is 5.41 Å². The van der Waals surface area contributed by atoms with Crippen LogP contribution in [0.2, 0.25) is 0 Å². The van der Waals surface area contributed by atoms with Crippen LogP contribution in [-0.4, -0.2) is 10.9 Å². The van der Waals surface area contributed by atoms with Gasteiger partial charge < -0.3 is 9.84 Å². The number of unbranched alkanes of at least 4 members (excludes halogenated alkanes) is 14. The lowest BCUT2D eigenvalue weighted by atomic mass is 9.86. The van der Waals surface area contributed by atoms with E-state index in [0.717, 1.165) is 29.7 Å². The Morgan fingerprint density at radius 3 is 1.64 bits per heavy atom. The lowest BCUT2D eigenvalue weighted by molar-refractivity contribution is 0.0858. The molecule has 218 valence electrons. The molecular formula is C36H56O3. The van der Waals surface area contributed by atoms with Crippen molar-refractivity contribution in [2.75, 3.05) is 0 Å². The Kier molecular flexibility index (Phi) is 15.5. The minimum absolute atomic E-state index is 0.123. The monoisotopic (exact) mass is 536 g/mol. The zero-order chi connectivity index (χ0) is 28.5. The molecule has 2 aromatic rings. The Bertz CT molecular complexity index is 939. The number of aliphatic hydroxyl groups is 1. The minimum Gasteiger partial charge on any atom is -0.457 e. The van der Waals surface area contributed by atoms with Crippen molar-refractivity contribution in [3.8, 4) is 11.5 Å². The third-order valence-electron chi connectivity index (χ3n) is 7.71. The van der Waals surface area contributed by atoms with Crippen LogP contribution in [0.5, 0.6) is 11.5 Å². The zero-order valence-corrected chi connectivity index (χ0v) is 25.7. The van der Waals surface area contributed by atoms with E-state index in [1.807, 2.05) is 70.2 Å². The summed E-state index contributed by atoms with van der Waals surface area (Å²) in [6, 6.07) is 13.2. The van der Waals surface area contributed by atoms with Gasteiger partial charge in [-0.2, -0.15) is 0 Å². The van der Waals surface area contributed by atoms with Gasteiger partial charge in [0.2, 0.25) is 0 Å². The van der Waals surface area contributed by atoms with Gasteiger partial charge in [0.15, 0.2) is 5.78 Å². The van der Waals surface area contributed by atoms with Crippen molar-refractivity contribution >= 4 is 5.78 Å². The maximum atomic E-state index is 12.4. The first kappa shape index (κ1) is 33.1. The molecule has 3 heteroatoms. The van der Waals surface area contributed by atoms with Gasteiger partial charge in [0, 0.05) is 11.0 Å². The Morgan fingerprint density at radius 1 is 0.718 bits per heavy atom. The Hall–Kier alpha value is -2.13. The molecule has 2 rings (SSSR count). The smallest absolute Gasteiger partial charge is 0.168 e. The van der Waals surface area contributed by atoms with E-state index >= 15 is 0 Å². The van der Waals surface area contributed by atoms with E-state index in [1.54, 1.807) is 0 Å². The molecule has 0 aliphatic rings. The average Bonchev–Trinajstić information content (AvgIpc) is 2.90. The number of Topliss-reactive ketones (excluding diaryl/α,β-unsaturated/α-hetero) is 1. The summed E-state index contributed by atoms with van der Waals surface area (Å²) in [6.45, 7) is 10.1. The molecule has 0 heterocycles. The number of carbonyl (C=O) groups excluding carboxylic acids is 1. The Morgan fingerprint density at radius 2 is 1.18 bits per heavy atom. The fourth-order valence-electron chi connectivity index (χ4n) is 5.19. The van der Waals surface area contributed by atoms with E-state index < -0.39 is 11.5 Å². The van der Waals surface area contributed by atoms with E-state index in [-0.39, 0.29) is 5.78 Å². The minimum atomic E-state index is -0.427. The van der Waals surface area contributed by atoms with E-state index in [1.165, 1.54) is 89.9 Å². The largest absolute Gasteiger partial charge is 0.457 e. The highest BCUT2D eigenvalue weighted by Crippen LogP contribution is 2.30. The summed E-state index contributed by atoms with van der Waals surface area (Å²) in [4.78, 5) is 12.4. The van der Waals surface area contributed by atoms with Gasteiger partial charge in [0.05, 0.1) is 6.10 Å². The summed E-state index contributed by atoms with van der Waals surface area (Å²) >= 11 is 0. The van der Waals surface area contributed by atoms with Crippen LogP contribution in [0.4, 0.5) is 0 Å². The van der Waals surface area contributed by atoms with Crippen molar-refractivity contribution in [3.05, 3.63) is 59.2 Å². The lowest BCUT2D eigenvalue weighted by Crippen LogP contribution is -2.19. The summed E-state index contributed by atoms with van der Waals surface area (Å²) in [5.41, 5.74) is 2.32. The van der Waals surface area contributed by atoms with Crippen LogP contribution in [0.3, 0.4) is 0 Å². The van der Waals surface area contributed by atoms with E-state index in [2.05, 4.69) is 6.92 Å². The highest BCUT2D eigenvalue weighted by atomic mass is 16.5. The highest BCUT2D eigenvalue weighted by Gasteiger charge is 2.22. The second-order valence-electron chi connectivity index (χ2n) is 12.5. The molecular weight excluding hydrogens is 480 g/mol. The highest BCUT2D eigenvalue weighted by molar-refractivity contribution is 5.99. The summed E-state index contributed by atoms with van der Waals surface area (Å²) < 4.78 is 6.01. The SMILES string of the molecule is CCCCCCCCCCCCCCCCCC(O)c1ccc(Oc2ccc(C(=O)C(C)(C)C)cc2)cc1C. The number of carbonyl (C=O) groups is 1. The van der Waals surface area contributed by atoms with Gasteiger partial charge in [-0.25, -0.2) is 0 Å². The van der Waals surface area contributed by atoms with Gasteiger partial charge in [0.25, 0.3) is 0 Å². The Balaban J connectivity index is 1.60. The van der Waals surface area contributed by atoms with Gasteiger partial charge in [-0.3, -0.25) is 4.79 Å². The summed E-state index contributed by atoms with van der Waals surface area (Å²) in [5, 5.41) is 10.8. The summed E-state index contributed by atoms with van der Waals surface area (Å²) in [6.07, 6.45) is 20.7. The maximum absolute atomic E-state index is 12.4. The molecule has 39 heavy (non-hydrogen) atoms. The van der Waals surface area contributed by atoms with Gasteiger partial charge in [0.1, 0.15) is 11.5 Å². The molecule has 3 nitrogen and oxygen atoms in total. The molecule has 0 aromatic heterocycles. The molecule has 0 amide bonds. The van der Waals surface area contributed by atoms with Crippen molar-refractivity contribution < 1.29 is 14.6 Å². The van der Waals surface area contributed by atoms with Crippen LogP contribution in [-0.2, 0) is 0 Å².